The quantitative estimate of drug-likeness (QED) is 0.201. The molecule has 5 nitrogen and oxygen atoms in total. The van der Waals surface area contributed by atoms with E-state index in [1.54, 1.807) is 19.5 Å². The summed E-state index contributed by atoms with van der Waals surface area (Å²) in [5, 5.41) is 24.7. The summed E-state index contributed by atoms with van der Waals surface area (Å²) in [6.07, 6.45) is 3.45. The minimum Gasteiger partial charge on any atom is -0.507 e. The van der Waals surface area contributed by atoms with Gasteiger partial charge in [-0.1, -0.05) is 102 Å². The smallest absolute Gasteiger partial charge is 0.127 e. The average Bonchev–Trinajstić information content (AvgIpc) is 2.85. The first kappa shape index (κ1) is 31.4. The van der Waals surface area contributed by atoms with Gasteiger partial charge in [0.25, 0.3) is 0 Å². The molecule has 7 heteroatoms. The zero-order chi connectivity index (χ0) is 30.0. The fourth-order valence-electron chi connectivity index (χ4n) is 4.42. The summed E-state index contributed by atoms with van der Waals surface area (Å²) in [5.41, 5.74) is 4.53. The maximum atomic E-state index is 11.1. The van der Waals surface area contributed by atoms with Crippen molar-refractivity contribution < 1.29 is 14.9 Å². The van der Waals surface area contributed by atoms with Crippen LogP contribution >= 0.6 is 0 Å². The van der Waals surface area contributed by atoms with E-state index < -0.39 is 16.1 Å². The summed E-state index contributed by atoms with van der Waals surface area (Å²) in [4.78, 5) is 9.57. The monoisotopic (exact) mass is 574 g/mol. The van der Waals surface area contributed by atoms with Crippen LogP contribution in [0.5, 0.6) is 17.2 Å². The molecule has 0 atom stereocenters. The largest absolute Gasteiger partial charge is 0.507 e. The summed E-state index contributed by atoms with van der Waals surface area (Å²) >= 11 is 0. The summed E-state index contributed by atoms with van der Waals surface area (Å²) in [6, 6.07) is 14.0. The molecule has 3 aromatic carbocycles. The van der Waals surface area contributed by atoms with Gasteiger partial charge in [0.1, 0.15) is 17.2 Å². The van der Waals surface area contributed by atoms with Gasteiger partial charge in [-0.25, -0.2) is 0 Å². The molecule has 3 aromatic rings. The SMILES string of the molecule is COc1ccc(N=Cc2cc([Si](C)(C)C)cc(C(C)C)c2O)c(N=Cc2cc([Si](C)(C)C)cc(C(C)C)c2O)c1. The molecule has 0 radical (unpaired) electrons. The van der Waals surface area contributed by atoms with Gasteiger partial charge in [0, 0.05) is 29.6 Å². The Kier molecular flexibility index (Phi) is 9.52. The van der Waals surface area contributed by atoms with Crippen molar-refractivity contribution >= 4 is 50.3 Å². The van der Waals surface area contributed by atoms with E-state index >= 15 is 0 Å². The molecule has 2 N–H and O–H groups in total. The van der Waals surface area contributed by atoms with E-state index in [0.29, 0.717) is 28.3 Å². The van der Waals surface area contributed by atoms with E-state index in [0.717, 1.165) is 11.1 Å². The van der Waals surface area contributed by atoms with Gasteiger partial charge in [0.2, 0.25) is 0 Å². The average molecular weight is 575 g/mol. The number of nitrogens with zero attached hydrogens (tertiary/aromatic N) is 2. The molecule has 0 aliphatic carbocycles. The molecule has 0 unspecified atom stereocenters. The van der Waals surface area contributed by atoms with Crippen molar-refractivity contribution in [2.75, 3.05) is 7.11 Å². The Hall–Kier alpha value is -3.17. The zero-order valence-corrected chi connectivity index (χ0v) is 28.0. The Morgan fingerprint density at radius 1 is 0.650 bits per heavy atom. The molecular formula is C33H46N2O3Si2. The molecule has 0 amide bonds. The second-order valence-corrected chi connectivity index (χ2v) is 23.3. The number of ether oxygens (including phenoxy) is 1. The first-order chi connectivity index (χ1) is 18.5. The van der Waals surface area contributed by atoms with Crippen LogP contribution in [0.3, 0.4) is 0 Å². The number of aromatic hydroxyl groups is 2. The lowest BCUT2D eigenvalue weighted by Gasteiger charge is -2.21. The number of hydrogen-bond donors (Lipinski definition) is 2. The molecule has 214 valence electrons. The van der Waals surface area contributed by atoms with Crippen molar-refractivity contribution in [3.05, 3.63) is 64.7 Å². The van der Waals surface area contributed by atoms with E-state index in [4.69, 9.17) is 14.7 Å². The third kappa shape index (κ3) is 7.31. The van der Waals surface area contributed by atoms with Crippen LogP contribution < -0.4 is 15.1 Å². The number of phenols is 2. The minimum absolute atomic E-state index is 0.191. The highest BCUT2D eigenvalue weighted by Gasteiger charge is 2.22. The number of aliphatic imine (C=N–C) groups is 2. The number of phenolic OH excluding ortho intramolecular Hbond substituents is 2. The normalized spacial score (nSPS) is 12.8. The molecule has 0 heterocycles. The van der Waals surface area contributed by atoms with Crippen molar-refractivity contribution in [2.24, 2.45) is 9.98 Å². The summed E-state index contributed by atoms with van der Waals surface area (Å²) in [7, 11) is -1.62. The van der Waals surface area contributed by atoms with E-state index in [-0.39, 0.29) is 23.3 Å². The van der Waals surface area contributed by atoms with Crippen molar-refractivity contribution in [3.63, 3.8) is 0 Å². The molecule has 0 aliphatic heterocycles. The molecule has 0 aliphatic rings. The predicted octanol–water partition coefficient (Wildman–Crippen LogP) is 7.94. The van der Waals surface area contributed by atoms with E-state index in [9.17, 15) is 10.2 Å². The van der Waals surface area contributed by atoms with Crippen LogP contribution in [0.2, 0.25) is 39.3 Å². The van der Waals surface area contributed by atoms with Crippen molar-refractivity contribution in [1.82, 2.24) is 0 Å². The summed E-state index contributed by atoms with van der Waals surface area (Å²) in [5.74, 6) is 1.59. The number of hydrogen-bond acceptors (Lipinski definition) is 5. The maximum absolute atomic E-state index is 11.1. The number of rotatable bonds is 9. The van der Waals surface area contributed by atoms with Gasteiger partial charge >= 0.3 is 0 Å². The summed E-state index contributed by atoms with van der Waals surface area (Å²) in [6.45, 7) is 22.2. The molecule has 0 bridgehead atoms. The van der Waals surface area contributed by atoms with Gasteiger partial charge in [0.05, 0.1) is 34.6 Å². The lowest BCUT2D eigenvalue weighted by Crippen LogP contribution is -2.38. The Morgan fingerprint density at radius 2 is 1.07 bits per heavy atom. The number of methoxy groups -OCH3 is 1. The van der Waals surface area contributed by atoms with Crippen molar-refractivity contribution in [3.8, 4) is 17.2 Å². The van der Waals surface area contributed by atoms with Gasteiger partial charge in [0.15, 0.2) is 0 Å². The van der Waals surface area contributed by atoms with Crippen LogP contribution in [0.25, 0.3) is 0 Å². The molecular weight excluding hydrogens is 529 g/mol. The molecule has 0 aromatic heterocycles. The van der Waals surface area contributed by atoms with Crippen LogP contribution in [0.15, 0.2) is 52.4 Å². The molecule has 40 heavy (non-hydrogen) atoms. The Balaban J connectivity index is 2.13. The van der Waals surface area contributed by atoms with Gasteiger partial charge in [-0.05, 0) is 35.1 Å². The van der Waals surface area contributed by atoms with Crippen molar-refractivity contribution in [1.29, 1.82) is 0 Å². The van der Waals surface area contributed by atoms with Gasteiger partial charge < -0.3 is 14.9 Å². The highest BCUT2D eigenvalue weighted by molar-refractivity contribution is 6.89. The third-order valence-electron chi connectivity index (χ3n) is 7.18. The van der Waals surface area contributed by atoms with Crippen LogP contribution in [-0.2, 0) is 0 Å². The Labute approximate surface area is 242 Å². The van der Waals surface area contributed by atoms with Gasteiger partial charge in [-0.2, -0.15) is 0 Å². The molecule has 0 saturated carbocycles. The molecule has 0 spiro atoms. The lowest BCUT2D eigenvalue weighted by molar-refractivity contribution is 0.415. The first-order valence-electron chi connectivity index (χ1n) is 14.0. The van der Waals surface area contributed by atoms with Gasteiger partial charge in [-0.15, -0.1) is 0 Å². The topological polar surface area (TPSA) is 74.4 Å². The first-order valence-corrected chi connectivity index (χ1v) is 21.0. The highest BCUT2D eigenvalue weighted by Crippen LogP contribution is 2.34. The van der Waals surface area contributed by atoms with Gasteiger partial charge in [-0.3, -0.25) is 9.98 Å². The third-order valence-corrected chi connectivity index (χ3v) is 11.2. The Morgan fingerprint density at radius 3 is 1.45 bits per heavy atom. The van der Waals surface area contributed by atoms with Crippen LogP contribution in [-0.4, -0.2) is 45.9 Å². The van der Waals surface area contributed by atoms with E-state index in [1.807, 2.05) is 18.2 Å². The minimum atomic E-state index is -1.62. The van der Waals surface area contributed by atoms with E-state index in [2.05, 4.69) is 91.2 Å². The van der Waals surface area contributed by atoms with Crippen LogP contribution in [0.4, 0.5) is 11.4 Å². The van der Waals surface area contributed by atoms with Crippen molar-refractivity contribution in [2.45, 2.75) is 78.8 Å². The van der Waals surface area contributed by atoms with Crippen LogP contribution in [0.1, 0.15) is 61.8 Å². The molecule has 0 fully saturated rings. The molecule has 3 rings (SSSR count). The summed E-state index contributed by atoms with van der Waals surface area (Å²) < 4.78 is 5.47. The molecule has 0 saturated heterocycles. The fourth-order valence-corrected chi connectivity index (χ4v) is 6.78. The van der Waals surface area contributed by atoms with Crippen LogP contribution in [0, 0.1) is 0 Å². The number of benzene rings is 3. The second kappa shape index (κ2) is 12.1. The standard InChI is InChI=1S/C33H46N2O3Si2/c1-21(2)28-17-26(39(6,7)8)14-23(32(28)36)19-34-30-13-12-25(38-5)16-31(30)35-20-24-15-27(40(9,10)11)18-29(22(3)4)33(24)37/h12-22,36-37H,1-11H3. The predicted molar refractivity (Wildman–Crippen MR) is 178 cm³/mol. The maximum Gasteiger partial charge on any atom is 0.127 e. The zero-order valence-electron chi connectivity index (χ0n) is 26.0. The van der Waals surface area contributed by atoms with E-state index in [1.165, 1.54) is 10.4 Å². The lowest BCUT2D eigenvalue weighted by atomic mass is 9.99. The Bertz CT molecular complexity index is 1430. The fraction of sp³-hybridized carbons (Fsp3) is 0.394. The second-order valence-electron chi connectivity index (χ2n) is 13.2. The highest BCUT2D eigenvalue weighted by atomic mass is 28.3.